The molecule has 0 saturated carbocycles. The molecule has 0 unspecified atom stereocenters. The third-order valence-electron chi connectivity index (χ3n) is 3.63. The van der Waals surface area contributed by atoms with Crippen LogP contribution in [0.1, 0.15) is 20.8 Å². The summed E-state index contributed by atoms with van der Waals surface area (Å²) in [5.41, 5.74) is -0.000574. The van der Waals surface area contributed by atoms with Crippen molar-refractivity contribution in [2.75, 3.05) is 52.4 Å². The Kier molecular flexibility index (Phi) is 4.42. The minimum atomic E-state index is -0.000574. The molecule has 0 aliphatic carbocycles. The maximum atomic E-state index is 5.77. The maximum absolute atomic E-state index is 5.77. The second-order valence-corrected chi connectivity index (χ2v) is 6.15. The van der Waals surface area contributed by atoms with Gasteiger partial charge < -0.3 is 10.1 Å². The fraction of sp³-hybridized carbons (Fsp3) is 1.00. The fourth-order valence-corrected chi connectivity index (χ4v) is 2.36. The molecule has 2 rings (SSSR count). The van der Waals surface area contributed by atoms with E-state index in [0.717, 1.165) is 19.2 Å². The molecule has 2 saturated heterocycles. The van der Waals surface area contributed by atoms with E-state index in [0.29, 0.717) is 0 Å². The lowest BCUT2D eigenvalue weighted by atomic mass is 10.1. The zero-order valence-electron chi connectivity index (χ0n) is 11.5. The van der Waals surface area contributed by atoms with Crippen molar-refractivity contribution in [2.24, 2.45) is 0 Å². The Balaban J connectivity index is 1.58. The average Bonchev–Trinajstić information content (AvgIpc) is 2.16. The van der Waals surface area contributed by atoms with Gasteiger partial charge in [-0.1, -0.05) is 0 Å². The Morgan fingerprint density at radius 1 is 1.12 bits per heavy atom. The van der Waals surface area contributed by atoms with Crippen LogP contribution in [0.4, 0.5) is 0 Å². The fourth-order valence-electron chi connectivity index (χ4n) is 2.36. The molecule has 0 aromatic carbocycles. The first-order valence-corrected chi connectivity index (χ1v) is 6.86. The highest BCUT2D eigenvalue weighted by atomic mass is 16.5. The normalized spacial score (nSPS) is 24.9. The molecule has 2 heterocycles. The van der Waals surface area contributed by atoms with Crippen LogP contribution in [0.3, 0.4) is 0 Å². The zero-order chi connectivity index (χ0) is 12.3. The van der Waals surface area contributed by atoms with Crippen molar-refractivity contribution in [1.82, 2.24) is 15.1 Å². The standard InChI is InChI=1S/C13H27N3O/c1-13(2,3)17-9-8-15-4-6-16(7-5-15)12-10-14-11-12/h12,14H,4-11H2,1-3H3. The van der Waals surface area contributed by atoms with Crippen LogP contribution in [0.25, 0.3) is 0 Å². The molecule has 2 aliphatic heterocycles. The van der Waals surface area contributed by atoms with Crippen molar-refractivity contribution in [3.05, 3.63) is 0 Å². The molecule has 0 amide bonds. The van der Waals surface area contributed by atoms with E-state index in [1.54, 1.807) is 0 Å². The van der Waals surface area contributed by atoms with E-state index < -0.39 is 0 Å². The summed E-state index contributed by atoms with van der Waals surface area (Å²) < 4.78 is 5.77. The van der Waals surface area contributed by atoms with Crippen molar-refractivity contribution >= 4 is 0 Å². The van der Waals surface area contributed by atoms with Gasteiger partial charge in [0.05, 0.1) is 12.2 Å². The number of nitrogens with zero attached hydrogens (tertiary/aromatic N) is 2. The molecule has 17 heavy (non-hydrogen) atoms. The third-order valence-corrected chi connectivity index (χ3v) is 3.63. The molecular formula is C13H27N3O. The summed E-state index contributed by atoms with van der Waals surface area (Å²) in [7, 11) is 0. The molecule has 2 aliphatic rings. The maximum Gasteiger partial charge on any atom is 0.0600 e. The van der Waals surface area contributed by atoms with Crippen LogP contribution in [0.5, 0.6) is 0 Å². The minimum Gasteiger partial charge on any atom is -0.375 e. The lowest BCUT2D eigenvalue weighted by molar-refractivity contribution is -0.0207. The van der Waals surface area contributed by atoms with Gasteiger partial charge in [0.2, 0.25) is 0 Å². The number of nitrogens with one attached hydrogen (secondary N) is 1. The molecule has 2 fully saturated rings. The molecule has 0 aromatic heterocycles. The second-order valence-electron chi connectivity index (χ2n) is 6.15. The Morgan fingerprint density at radius 2 is 1.76 bits per heavy atom. The van der Waals surface area contributed by atoms with Gasteiger partial charge in [0.25, 0.3) is 0 Å². The van der Waals surface area contributed by atoms with E-state index in [1.165, 1.54) is 39.3 Å². The molecule has 4 nitrogen and oxygen atoms in total. The Bertz CT molecular complexity index is 227. The van der Waals surface area contributed by atoms with Crippen LogP contribution in [0, 0.1) is 0 Å². The first kappa shape index (κ1) is 13.3. The largest absolute Gasteiger partial charge is 0.375 e. The van der Waals surface area contributed by atoms with Gasteiger partial charge in [0.1, 0.15) is 0 Å². The summed E-state index contributed by atoms with van der Waals surface area (Å²) in [6, 6.07) is 0.808. The molecule has 0 spiro atoms. The van der Waals surface area contributed by atoms with Crippen molar-refractivity contribution in [2.45, 2.75) is 32.4 Å². The zero-order valence-corrected chi connectivity index (χ0v) is 11.5. The summed E-state index contributed by atoms with van der Waals surface area (Å²) in [5.74, 6) is 0. The van der Waals surface area contributed by atoms with Crippen molar-refractivity contribution in [3.8, 4) is 0 Å². The van der Waals surface area contributed by atoms with Crippen LogP contribution in [-0.4, -0.2) is 73.9 Å². The molecule has 4 heteroatoms. The van der Waals surface area contributed by atoms with Gasteiger partial charge in [0, 0.05) is 51.9 Å². The number of hydrogen-bond acceptors (Lipinski definition) is 4. The number of rotatable bonds is 4. The van der Waals surface area contributed by atoms with E-state index in [2.05, 4.69) is 35.9 Å². The topological polar surface area (TPSA) is 27.7 Å². The van der Waals surface area contributed by atoms with Crippen LogP contribution in [-0.2, 0) is 4.74 Å². The van der Waals surface area contributed by atoms with Gasteiger partial charge in [0.15, 0.2) is 0 Å². The molecule has 100 valence electrons. The third kappa shape index (κ3) is 4.21. The van der Waals surface area contributed by atoms with Gasteiger partial charge in [-0.2, -0.15) is 0 Å². The summed E-state index contributed by atoms with van der Waals surface area (Å²) >= 11 is 0. The minimum absolute atomic E-state index is 0.000574. The summed E-state index contributed by atoms with van der Waals surface area (Å²) in [6.07, 6.45) is 0. The highest BCUT2D eigenvalue weighted by Gasteiger charge is 2.27. The quantitative estimate of drug-likeness (QED) is 0.771. The first-order chi connectivity index (χ1) is 8.04. The van der Waals surface area contributed by atoms with E-state index >= 15 is 0 Å². The van der Waals surface area contributed by atoms with E-state index in [1.807, 2.05) is 0 Å². The van der Waals surface area contributed by atoms with E-state index in [9.17, 15) is 0 Å². The Labute approximate surface area is 105 Å². The van der Waals surface area contributed by atoms with Crippen molar-refractivity contribution in [3.63, 3.8) is 0 Å². The smallest absolute Gasteiger partial charge is 0.0600 e. The number of ether oxygens (including phenoxy) is 1. The van der Waals surface area contributed by atoms with Gasteiger partial charge in [-0.05, 0) is 20.8 Å². The molecule has 0 bridgehead atoms. The van der Waals surface area contributed by atoms with Gasteiger partial charge in [-0.15, -0.1) is 0 Å². The van der Waals surface area contributed by atoms with E-state index in [-0.39, 0.29) is 5.60 Å². The lowest BCUT2D eigenvalue weighted by Crippen LogP contribution is -2.61. The van der Waals surface area contributed by atoms with Crippen molar-refractivity contribution in [1.29, 1.82) is 0 Å². The first-order valence-electron chi connectivity index (χ1n) is 6.86. The highest BCUT2D eigenvalue weighted by molar-refractivity contribution is 4.87. The van der Waals surface area contributed by atoms with Gasteiger partial charge in [-0.3, -0.25) is 9.80 Å². The summed E-state index contributed by atoms with van der Waals surface area (Å²) in [4.78, 5) is 5.14. The van der Waals surface area contributed by atoms with Crippen LogP contribution in [0.15, 0.2) is 0 Å². The van der Waals surface area contributed by atoms with Crippen LogP contribution < -0.4 is 5.32 Å². The van der Waals surface area contributed by atoms with E-state index in [4.69, 9.17) is 4.74 Å². The molecule has 0 radical (unpaired) electrons. The Morgan fingerprint density at radius 3 is 2.24 bits per heavy atom. The molecular weight excluding hydrogens is 214 g/mol. The van der Waals surface area contributed by atoms with Gasteiger partial charge in [-0.25, -0.2) is 0 Å². The van der Waals surface area contributed by atoms with Crippen LogP contribution >= 0.6 is 0 Å². The SMILES string of the molecule is CC(C)(C)OCCN1CCN(C2CNC2)CC1. The summed E-state index contributed by atoms with van der Waals surface area (Å²) in [5, 5.41) is 3.35. The molecule has 1 N–H and O–H groups in total. The number of hydrogen-bond donors (Lipinski definition) is 1. The van der Waals surface area contributed by atoms with Crippen LogP contribution in [0.2, 0.25) is 0 Å². The summed E-state index contributed by atoms with van der Waals surface area (Å²) in [6.45, 7) is 15.5. The molecule has 0 atom stereocenters. The predicted octanol–water partition coefficient (Wildman–Crippen LogP) is 0.391. The average molecular weight is 241 g/mol. The number of piperazine rings is 1. The Hall–Kier alpha value is -0.160. The lowest BCUT2D eigenvalue weighted by Gasteiger charge is -2.43. The highest BCUT2D eigenvalue weighted by Crippen LogP contribution is 2.10. The van der Waals surface area contributed by atoms with Crippen molar-refractivity contribution < 1.29 is 4.74 Å². The second kappa shape index (κ2) is 5.65. The predicted molar refractivity (Wildman–Crippen MR) is 70.4 cm³/mol. The van der Waals surface area contributed by atoms with Gasteiger partial charge >= 0.3 is 0 Å². The molecule has 0 aromatic rings. The monoisotopic (exact) mass is 241 g/mol.